The second-order valence-electron chi connectivity index (χ2n) is 7.47. The SMILES string of the molecule is C[C@@H](O)[C@H]1C(=O)N2C(C(=O)O)=C(S[C@@H]3CN[C@H](CNS(C)(=O)=O)C3)[C@H](C)[C@H]12. The molecule has 0 unspecified atom stereocenters. The summed E-state index contributed by atoms with van der Waals surface area (Å²) in [7, 11) is -3.26. The lowest BCUT2D eigenvalue weighted by molar-refractivity contribution is -0.163. The van der Waals surface area contributed by atoms with Gasteiger partial charge in [0, 0.05) is 35.2 Å². The molecule has 6 atom stereocenters. The maximum Gasteiger partial charge on any atom is 0.353 e. The Morgan fingerprint density at radius 1 is 1.48 bits per heavy atom. The molecule has 27 heavy (non-hydrogen) atoms. The first-order valence-electron chi connectivity index (χ1n) is 8.84. The van der Waals surface area contributed by atoms with Gasteiger partial charge in [-0.3, -0.25) is 4.79 Å². The van der Waals surface area contributed by atoms with E-state index in [0.29, 0.717) is 17.9 Å². The minimum absolute atomic E-state index is 0.0216. The lowest BCUT2D eigenvalue weighted by atomic mass is 9.79. The van der Waals surface area contributed by atoms with E-state index in [-0.39, 0.29) is 41.4 Å². The van der Waals surface area contributed by atoms with Gasteiger partial charge in [-0.25, -0.2) is 17.9 Å². The van der Waals surface area contributed by atoms with Crippen LogP contribution in [0.5, 0.6) is 0 Å². The maximum atomic E-state index is 12.3. The number of nitrogens with one attached hydrogen (secondary N) is 2. The van der Waals surface area contributed by atoms with Gasteiger partial charge in [0.1, 0.15) is 5.70 Å². The number of aliphatic hydroxyl groups is 1. The molecule has 0 saturated carbocycles. The highest BCUT2D eigenvalue weighted by Crippen LogP contribution is 2.51. The van der Waals surface area contributed by atoms with E-state index < -0.39 is 28.0 Å². The molecule has 2 fully saturated rings. The summed E-state index contributed by atoms with van der Waals surface area (Å²) in [5.41, 5.74) is 0.0251. The van der Waals surface area contributed by atoms with Crippen LogP contribution in [0, 0.1) is 11.8 Å². The highest BCUT2D eigenvalue weighted by molar-refractivity contribution is 8.03. The number of aliphatic carboxylic acids is 1. The third kappa shape index (κ3) is 3.88. The molecule has 0 aromatic heterocycles. The van der Waals surface area contributed by atoms with Crippen molar-refractivity contribution in [1.82, 2.24) is 14.9 Å². The van der Waals surface area contributed by atoms with Gasteiger partial charge in [0.25, 0.3) is 0 Å². The molecular weight excluding hydrogens is 394 g/mol. The Hall–Kier alpha value is -1.14. The predicted molar refractivity (Wildman–Crippen MR) is 100 cm³/mol. The van der Waals surface area contributed by atoms with Gasteiger partial charge in [-0.2, -0.15) is 0 Å². The van der Waals surface area contributed by atoms with Crippen molar-refractivity contribution in [3.8, 4) is 0 Å². The van der Waals surface area contributed by atoms with Crippen molar-refractivity contribution in [2.24, 2.45) is 11.8 Å². The Morgan fingerprint density at radius 3 is 2.70 bits per heavy atom. The zero-order chi connectivity index (χ0) is 20.1. The minimum atomic E-state index is -3.26. The van der Waals surface area contributed by atoms with Crippen molar-refractivity contribution in [3.63, 3.8) is 0 Å². The first-order valence-corrected chi connectivity index (χ1v) is 11.6. The van der Waals surface area contributed by atoms with Crippen LogP contribution in [0.15, 0.2) is 10.6 Å². The van der Waals surface area contributed by atoms with Crippen molar-refractivity contribution in [1.29, 1.82) is 0 Å². The van der Waals surface area contributed by atoms with Crippen molar-refractivity contribution in [2.45, 2.75) is 43.7 Å². The summed E-state index contributed by atoms with van der Waals surface area (Å²) >= 11 is 1.44. The van der Waals surface area contributed by atoms with E-state index in [9.17, 15) is 28.2 Å². The Bertz CT molecular complexity index is 781. The van der Waals surface area contributed by atoms with Crippen LogP contribution in [0.3, 0.4) is 0 Å². The molecule has 3 heterocycles. The molecule has 3 rings (SSSR count). The predicted octanol–water partition coefficient (Wildman–Crippen LogP) is -0.847. The molecule has 152 valence electrons. The van der Waals surface area contributed by atoms with Crippen molar-refractivity contribution >= 4 is 33.7 Å². The second kappa shape index (κ2) is 7.36. The number of aliphatic hydroxyl groups excluding tert-OH is 1. The van der Waals surface area contributed by atoms with Crippen LogP contribution < -0.4 is 10.0 Å². The molecule has 0 aromatic rings. The molecule has 11 heteroatoms. The molecule has 3 aliphatic rings. The summed E-state index contributed by atoms with van der Waals surface area (Å²) in [6.45, 7) is 4.36. The molecule has 9 nitrogen and oxygen atoms in total. The number of amides is 1. The minimum Gasteiger partial charge on any atom is -0.477 e. The van der Waals surface area contributed by atoms with Gasteiger partial charge >= 0.3 is 5.97 Å². The van der Waals surface area contributed by atoms with Gasteiger partial charge in [0.2, 0.25) is 15.9 Å². The number of rotatable bonds is 7. The number of carboxylic acid groups (broad SMARTS) is 1. The van der Waals surface area contributed by atoms with E-state index >= 15 is 0 Å². The summed E-state index contributed by atoms with van der Waals surface area (Å²) in [6.07, 6.45) is 0.979. The largest absolute Gasteiger partial charge is 0.477 e. The van der Waals surface area contributed by atoms with Crippen molar-refractivity contribution < 1.29 is 28.2 Å². The van der Waals surface area contributed by atoms with Gasteiger partial charge in [-0.15, -0.1) is 11.8 Å². The summed E-state index contributed by atoms with van der Waals surface area (Å²) in [5.74, 6) is -2.20. The molecule has 0 aromatic carbocycles. The standard InChI is InChI=1S/C16H25N3O6S2/c1-7-12-11(8(2)20)15(21)19(12)13(16(22)23)14(7)26-10-4-9(17-6-10)5-18-27(3,24)25/h7-12,17-18,20H,4-6H2,1-3H3,(H,22,23)/t7-,8-,9+,10+,11-,12-/m1/s1. The zero-order valence-corrected chi connectivity index (χ0v) is 17.0. The van der Waals surface area contributed by atoms with Gasteiger partial charge in [0.05, 0.1) is 24.3 Å². The topological polar surface area (TPSA) is 136 Å². The normalized spacial score (nSPS) is 34.6. The fourth-order valence-corrected chi connectivity index (χ4v) is 6.16. The van der Waals surface area contributed by atoms with Crippen LogP contribution in [0.1, 0.15) is 20.3 Å². The molecule has 0 aliphatic carbocycles. The van der Waals surface area contributed by atoms with Crippen LogP contribution in [0.2, 0.25) is 0 Å². The number of carboxylic acids is 1. The van der Waals surface area contributed by atoms with Gasteiger partial charge in [-0.1, -0.05) is 6.92 Å². The summed E-state index contributed by atoms with van der Waals surface area (Å²) < 4.78 is 24.9. The van der Waals surface area contributed by atoms with E-state index in [4.69, 9.17) is 0 Å². The smallest absolute Gasteiger partial charge is 0.353 e. The molecule has 2 saturated heterocycles. The number of β-lactam (4-membered cyclic amide) rings is 1. The number of hydrogen-bond acceptors (Lipinski definition) is 7. The van der Waals surface area contributed by atoms with E-state index in [0.717, 1.165) is 6.26 Å². The lowest BCUT2D eigenvalue weighted by Gasteiger charge is -2.46. The molecular formula is C16H25N3O6S2. The summed E-state index contributed by atoms with van der Waals surface area (Å²) in [4.78, 5) is 26.1. The molecule has 3 aliphatic heterocycles. The lowest BCUT2D eigenvalue weighted by Crippen LogP contribution is -2.63. The van der Waals surface area contributed by atoms with Gasteiger partial charge in [-0.05, 0) is 13.3 Å². The van der Waals surface area contributed by atoms with Crippen molar-refractivity contribution in [2.75, 3.05) is 19.3 Å². The zero-order valence-electron chi connectivity index (χ0n) is 15.4. The third-order valence-electron chi connectivity index (χ3n) is 5.38. The maximum absolute atomic E-state index is 12.3. The summed E-state index contributed by atoms with van der Waals surface area (Å²) in [6, 6.07) is -0.338. The third-order valence-corrected chi connectivity index (χ3v) is 7.58. The Labute approximate surface area is 162 Å². The number of nitrogens with zero attached hydrogens (tertiary/aromatic N) is 1. The number of thioether (sulfide) groups is 1. The van der Waals surface area contributed by atoms with Crippen LogP contribution in [-0.4, -0.2) is 78.2 Å². The average Bonchev–Trinajstić information content (AvgIpc) is 3.07. The molecule has 1 amide bonds. The monoisotopic (exact) mass is 419 g/mol. The molecule has 4 N–H and O–H groups in total. The fourth-order valence-electron chi connectivity index (χ4n) is 4.14. The van der Waals surface area contributed by atoms with Crippen LogP contribution >= 0.6 is 11.8 Å². The van der Waals surface area contributed by atoms with E-state index in [1.165, 1.54) is 16.7 Å². The van der Waals surface area contributed by atoms with Crippen molar-refractivity contribution in [3.05, 3.63) is 10.6 Å². The molecule has 0 radical (unpaired) electrons. The number of sulfonamides is 1. The van der Waals surface area contributed by atoms with E-state index in [1.54, 1.807) is 6.92 Å². The van der Waals surface area contributed by atoms with Crippen LogP contribution in [0.25, 0.3) is 0 Å². The van der Waals surface area contributed by atoms with E-state index in [1.807, 2.05) is 6.92 Å². The first kappa shape index (κ1) is 20.6. The molecule has 0 spiro atoms. The first-order chi connectivity index (χ1) is 12.5. The number of fused-ring (bicyclic) bond motifs is 1. The van der Waals surface area contributed by atoms with Crippen LogP contribution in [-0.2, 0) is 19.6 Å². The Morgan fingerprint density at radius 2 is 2.15 bits per heavy atom. The summed E-state index contributed by atoms with van der Waals surface area (Å²) in [5, 5.41) is 22.9. The quantitative estimate of drug-likeness (QED) is 0.392. The highest BCUT2D eigenvalue weighted by atomic mass is 32.2. The van der Waals surface area contributed by atoms with Gasteiger partial charge in [0.15, 0.2) is 0 Å². The van der Waals surface area contributed by atoms with Crippen LogP contribution in [0.4, 0.5) is 0 Å². The Balaban J connectivity index is 1.71. The second-order valence-corrected chi connectivity index (χ2v) is 10.6. The number of hydrogen-bond donors (Lipinski definition) is 4. The number of carbonyl (C=O) groups excluding carboxylic acids is 1. The number of carbonyl (C=O) groups is 2. The highest BCUT2D eigenvalue weighted by Gasteiger charge is 2.60. The average molecular weight is 420 g/mol. The van der Waals surface area contributed by atoms with Gasteiger partial charge < -0.3 is 20.4 Å². The van der Waals surface area contributed by atoms with E-state index in [2.05, 4.69) is 10.0 Å². The molecule has 0 bridgehead atoms. The fraction of sp³-hybridized carbons (Fsp3) is 0.750. The Kier molecular flexibility index (Phi) is 5.61.